The van der Waals surface area contributed by atoms with Crippen molar-refractivity contribution >= 4 is 0 Å². The number of nitrogens with two attached hydrogens (primary N) is 1. The van der Waals surface area contributed by atoms with Crippen LogP contribution < -0.4 is 11.3 Å². The van der Waals surface area contributed by atoms with Gasteiger partial charge in [-0.05, 0) is 13.3 Å². The highest BCUT2D eigenvalue weighted by Gasteiger charge is 2.14. The highest BCUT2D eigenvalue weighted by molar-refractivity contribution is 4.98. The molecule has 3 N–H and O–H groups in total. The quantitative estimate of drug-likeness (QED) is 0.395. The lowest BCUT2D eigenvalue weighted by atomic mass is 10.1. The van der Waals surface area contributed by atoms with Crippen LogP contribution >= 0.6 is 0 Å². The highest BCUT2D eigenvalue weighted by atomic mass is 15.3. The van der Waals surface area contributed by atoms with Crippen LogP contribution in [0.5, 0.6) is 0 Å². The third-order valence-corrected chi connectivity index (χ3v) is 3.20. The summed E-state index contributed by atoms with van der Waals surface area (Å²) in [4.78, 5) is 4.39. The summed E-state index contributed by atoms with van der Waals surface area (Å²) in [5.74, 6) is 6.69. The second-order valence-electron chi connectivity index (χ2n) is 4.49. The first-order chi connectivity index (χ1) is 8.33. The standard InChI is InChI=1S/C13H26N4/c1-3-5-6-7-8-9-12(16-14)13-15-10-11-17(13)4-2/h10-12,16H,3-9,14H2,1-2H3. The molecule has 17 heavy (non-hydrogen) atoms. The van der Waals surface area contributed by atoms with Crippen molar-refractivity contribution in [3.63, 3.8) is 0 Å². The van der Waals surface area contributed by atoms with Gasteiger partial charge in [0.15, 0.2) is 0 Å². The third-order valence-electron chi connectivity index (χ3n) is 3.20. The third kappa shape index (κ3) is 4.48. The predicted octanol–water partition coefficient (Wildman–Crippen LogP) is 2.77. The second kappa shape index (κ2) is 8.25. The normalized spacial score (nSPS) is 12.9. The molecule has 0 bridgehead atoms. The van der Waals surface area contributed by atoms with Crippen molar-refractivity contribution in [3.8, 4) is 0 Å². The molecule has 1 rings (SSSR count). The summed E-state index contributed by atoms with van der Waals surface area (Å²) in [6.45, 7) is 5.31. The number of nitrogens with zero attached hydrogens (tertiary/aromatic N) is 2. The molecular formula is C13H26N4. The van der Waals surface area contributed by atoms with Crippen LogP contribution in [0.15, 0.2) is 12.4 Å². The maximum Gasteiger partial charge on any atom is 0.127 e. The highest BCUT2D eigenvalue weighted by Crippen LogP contribution is 2.18. The minimum Gasteiger partial charge on any atom is -0.334 e. The second-order valence-corrected chi connectivity index (χ2v) is 4.49. The van der Waals surface area contributed by atoms with E-state index in [1.165, 1.54) is 32.1 Å². The summed E-state index contributed by atoms with van der Waals surface area (Å²) < 4.78 is 2.15. The van der Waals surface area contributed by atoms with E-state index in [1.807, 2.05) is 12.4 Å². The lowest BCUT2D eigenvalue weighted by Crippen LogP contribution is -2.30. The first-order valence-electron chi connectivity index (χ1n) is 6.80. The molecule has 0 aliphatic rings. The molecule has 1 aromatic heterocycles. The summed E-state index contributed by atoms with van der Waals surface area (Å²) in [5.41, 5.74) is 2.89. The molecule has 0 radical (unpaired) electrons. The molecule has 0 saturated carbocycles. The Morgan fingerprint density at radius 1 is 1.29 bits per heavy atom. The minimum atomic E-state index is 0.187. The molecular weight excluding hydrogens is 212 g/mol. The Morgan fingerprint density at radius 2 is 2.06 bits per heavy atom. The van der Waals surface area contributed by atoms with Gasteiger partial charge in [-0.15, -0.1) is 0 Å². The van der Waals surface area contributed by atoms with Crippen molar-refractivity contribution in [2.45, 2.75) is 65.0 Å². The molecule has 0 amide bonds. The number of unbranched alkanes of at least 4 members (excludes halogenated alkanes) is 4. The minimum absolute atomic E-state index is 0.187. The first kappa shape index (κ1) is 14.2. The number of hydrogen-bond acceptors (Lipinski definition) is 3. The lowest BCUT2D eigenvalue weighted by molar-refractivity contribution is 0.444. The van der Waals surface area contributed by atoms with E-state index in [1.54, 1.807) is 0 Å². The van der Waals surface area contributed by atoms with Gasteiger partial charge in [-0.1, -0.05) is 39.0 Å². The summed E-state index contributed by atoms with van der Waals surface area (Å²) in [6.07, 6.45) is 11.4. The van der Waals surface area contributed by atoms with Gasteiger partial charge >= 0.3 is 0 Å². The van der Waals surface area contributed by atoms with Crippen molar-refractivity contribution in [3.05, 3.63) is 18.2 Å². The average Bonchev–Trinajstić information content (AvgIpc) is 2.82. The molecule has 98 valence electrons. The Bertz CT molecular complexity index is 295. The zero-order valence-corrected chi connectivity index (χ0v) is 11.2. The van der Waals surface area contributed by atoms with E-state index in [0.29, 0.717) is 0 Å². The maximum atomic E-state index is 5.63. The Balaban J connectivity index is 2.38. The number of imidazole rings is 1. The van der Waals surface area contributed by atoms with E-state index < -0.39 is 0 Å². The van der Waals surface area contributed by atoms with Crippen LogP contribution in [-0.2, 0) is 6.54 Å². The van der Waals surface area contributed by atoms with Crippen molar-refractivity contribution < 1.29 is 0 Å². The number of aromatic nitrogens is 2. The Morgan fingerprint density at radius 3 is 2.71 bits per heavy atom. The molecule has 4 heteroatoms. The molecule has 0 aliphatic carbocycles. The topological polar surface area (TPSA) is 55.9 Å². The van der Waals surface area contributed by atoms with Gasteiger partial charge in [0.1, 0.15) is 5.82 Å². The molecule has 0 spiro atoms. The van der Waals surface area contributed by atoms with E-state index in [0.717, 1.165) is 18.8 Å². The lowest BCUT2D eigenvalue weighted by Gasteiger charge is -2.16. The maximum absolute atomic E-state index is 5.63. The summed E-state index contributed by atoms with van der Waals surface area (Å²) in [7, 11) is 0. The number of nitrogens with one attached hydrogen (secondary N) is 1. The molecule has 0 saturated heterocycles. The average molecular weight is 238 g/mol. The number of hydrogen-bond donors (Lipinski definition) is 2. The summed E-state index contributed by atoms with van der Waals surface area (Å²) in [6, 6.07) is 0.187. The summed E-state index contributed by atoms with van der Waals surface area (Å²) >= 11 is 0. The number of rotatable bonds is 9. The van der Waals surface area contributed by atoms with E-state index in [4.69, 9.17) is 5.84 Å². The fourth-order valence-corrected chi connectivity index (χ4v) is 2.14. The fourth-order valence-electron chi connectivity index (χ4n) is 2.14. The SMILES string of the molecule is CCCCCCCC(NN)c1nccn1CC. The van der Waals surface area contributed by atoms with Gasteiger partial charge in [-0.2, -0.15) is 0 Å². The number of hydrazine groups is 1. The molecule has 1 unspecified atom stereocenters. The van der Waals surface area contributed by atoms with Gasteiger partial charge in [0.05, 0.1) is 6.04 Å². The van der Waals surface area contributed by atoms with Gasteiger partial charge in [0.2, 0.25) is 0 Å². The molecule has 1 atom stereocenters. The van der Waals surface area contributed by atoms with Gasteiger partial charge in [-0.25, -0.2) is 10.4 Å². The smallest absolute Gasteiger partial charge is 0.127 e. The largest absolute Gasteiger partial charge is 0.334 e. The molecule has 0 fully saturated rings. The molecule has 0 aliphatic heterocycles. The van der Waals surface area contributed by atoms with Crippen LogP contribution in [-0.4, -0.2) is 9.55 Å². The van der Waals surface area contributed by atoms with Crippen molar-refractivity contribution in [1.29, 1.82) is 0 Å². The monoisotopic (exact) mass is 238 g/mol. The van der Waals surface area contributed by atoms with Crippen LogP contribution in [0.2, 0.25) is 0 Å². The van der Waals surface area contributed by atoms with Gasteiger partial charge in [0.25, 0.3) is 0 Å². The Kier molecular flexibility index (Phi) is 6.89. The van der Waals surface area contributed by atoms with Crippen LogP contribution in [0.4, 0.5) is 0 Å². The zero-order chi connectivity index (χ0) is 12.5. The van der Waals surface area contributed by atoms with E-state index >= 15 is 0 Å². The predicted molar refractivity (Wildman–Crippen MR) is 71.3 cm³/mol. The molecule has 0 aromatic carbocycles. The Labute approximate surface area is 105 Å². The van der Waals surface area contributed by atoms with Gasteiger partial charge in [-0.3, -0.25) is 5.84 Å². The van der Waals surface area contributed by atoms with Crippen molar-refractivity contribution in [1.82, 2.24) is 15.0 Å². The van der Waals surface area contributed by atoms with Gasteiger partial charge in [0, 0.05) is 18.9 Å². The molecule has 1 heterocycles. The Hall–Kier alpha value is -0.870. The first-order valence-corrected chi connectivity index (χ1v) is 6.80. The van der Waals surface area contributed by atoms with E-state index in [-0.39, 0.29) is 6.04 Å². The van der Waals surface area contributed by atoms with Crippen LogP contribution in [0.25, 0.3) is 0 Å². The number of aryl methyl sites for hydroxylation is 1. The van der Waals surface area contributed by atoms with Crippen molar-refractivity contribution in [2.75, 3.05) is 0 Å². The van der Waals surface area contributed by atoms with Gasteiger partial charge < -0.3 is 4.57 Å². The van der Waals surface area contributed by atoms with Crippen LogP contribution in [0.1, 0.15) is 64.2 Å². The molecule has 4 nitrogen and oxygen atoms in total. The van der Waals surface area contributed by atoms with Crippen molar-refractivity contribution in [2.24, 2.45) is 5.84 Å². The van der Waals surface area contributed by atoms with Crippen LogP contribution in [0.3, 0.4) is 0 Å². The molecule has 1 aromatic rings. The summed E-state index contributed by atoms with van der Waals surface area (Å²) in [5, 5.41) is 0. The zero-order valence-electron chi connectivity index (χ0n) is 11.2. The van der Waals surface area contributed by atoms with E-state index in [2.05, 4.69) is 28.8 Å². The van der Waals surface area contributed by atoms with Crippen LogP contribution in [0, 0.1) is 0 Å². The fraction of sp³-hybridized carbons (Fsp3) is 0.769. The van der Waals surface area contributed by atoms with E-state index in [9.17, 15) is 0 Å².